The number of hydrogen-bond acceptors (Lipinski definition) is 7. The Morgan fingerprint density at radius 1 is 1.06 bits per heavy atom. The minimum absolute atomic E-state index is 0.113. The highest BCUT2D eigenvalue weighted by atomic mass is 35.5. The van der Waals surface area contributed by atoms with Gasteiger partial charge in [0.05, 0.1) is 35.1 Å². The molecule has 0 bridgehead atoms. The summed E-state index contributed by atoms with van der Waals surface area (Å²) < 4.78 is 36.9. The Hall–Kier alpha value is -2.00. The standard InChI is InChI=1S/C23H24Cl2N2O4S2/c1-30-20-6-3-15(12-21(20)31-2)11-17-14-32-23(26-17)27-9-7-18(8-10-27)33(28,29)22-13-16(24)4-5-19(22)25/h3-6,12-14,18H,7-11H2,1-2H3. The van der Waals surface area contributed by atoms with Gasteiger partial charge in [0.1, 0.15) is 0 Å². The molecule has 2 heterocycles. The van der Waals surface area contributed by atoms with Crippen molar-refractivity contribution in [1.29, 1.82) is 0 Å². The summed E-state index contributed by atoms with van der Waals surface area (Å²) in [7, 11) is -0.320. The van der Waals surface area contributed by atoms with Crippen LogP contribution in [0.2, 0.25) is 10.0 Å². The van der Waals surface area contributed by atoms with Crippen molar-refractivity contribution < 1.29 is 17.9 Å². The third kappa shape index (κ3) is 5.24. The van der Waals surface area contributed by atoms with E-state index < -0.39 is 15.1 Å². The minimum atomic E-state index is -3.55. The van der Waals surface area contributed by atoms with Crippen molar-refractivity contribution in [3.63, 3.8) is 0 Å². The molecule has 0 unspecified atom stereocenters. The molecule has 1 fully saturated rings. The number of halogens is 2. The Labute approximate surface area is 208 Å². The predicted octanol–water partition coefficient (Wildman–Crippen LogP) is 5.50. The summed E-state index contributed by atoms with van der Waals surface area (Å²) in [6.45, 7) is 1.23. The lowest BCUT2D eigenvalue weighted by molar-refractivity contribution is 0.354. The summed E-state index contributed by atoms with van der Waals surface area (Å²) in [6.07, 6.45) is 1.69. The molecule has 10 heteroatoms. The topological polar surface area (TPSA) is 68.7 Å². The Bertz CT molecular complexity index is 1240. The van der Waals surface area contributed by atoms with Gasteiger partial charge in [-0.15, -0.1) is 11.3 Å². The summed E-state index contributed by atoms with van der Waals surface area (Å²) >= 11 is 13.7. The second-order valence-electron chi connectivity index (χ2n) is 7.79. The minimum Gasteiger partial charge on any atom is -0.493 e. The molecule has 0 aliphatic carbocycles. The lowest BCUT2D eigenvalue weighted by Crippen LogP contribution is -2.39. The van der Waals surface area contributed by atoms with Crippen LogP contribution in [0, 0.1) is 0 Å². The van der Waals surface area contributed by atoms with Crippen molar-refractivity contribution in [3.8, 4) is 11.5 Å². The highest BCUT2D eigenvalue weighted by Crippen LogP contribution is 2.34. The summed E-state index contributed by atoms with van der Waals surface area (Å²) in [5, 5.41) is 3.03. The number of sulfone groups is 1. The monoisotopic (exact) mass is 526 g/mol. The molecular weight excluding hydrogens is 503 g/mol. The molecule has 0 spiro atoms. The van der Waals surface area contributed by atoms with E-state index in [0.717, 1.165) is 16.4 Å². The molecule has 0 radical (unpaired) electrons. The highest BCUT2D eigenvalue weighted by molar-refractivity contribution is 7.92. The maximum Gasteiger partial charge on any atom is 0.185 e. The Balaban J connectivity index is 1.41. The number of methoxy groups -OCH3 is 2. The van der Waals surface area contributed by atoms with E-state index in [0.29, 0.717) is 48.9 Å². The number of anilines is 1. The summed E-state index contributed by atoms with van der Waals surface area (Å²) in [5.41, 5.74) is 2.04. The van der Waals surface area contributed by atoms with Crippen molar-refractivity contribution in [2.24, 2.45) is 0 Å². The quantitative estimate of drug-likeness (QED) is 0.404. The largest absolute Gasteiger partial charge is 0.493 e. The van der Waals surface area contributed by atoms with Crippen LogP contribution in [0.3, 0.4) is 0 Å². The third-order valence-electron chi connectivity index (χ3n) is 5.72. The lowest BCUT2D eigenvalue weighted by Gasteiger charge is -2.31. The predicted molar refractivity (Wildman–Crippen MR) is 133 cm³/mol. The molecule has 33 heavy (non-hydrogen) atoms. The van der Waals surface area contributed by atoms with Crippen molar-refractivity contribution in [2.45, 2.75) is 29.4 Å². The van der Waals surface area contributed by atoms with E-state index in [1.165, 1.54) is 12.1 Å². The molecule has 1 aliphatic heterocycles. The lowest BCUT2D eigenvalue weighted by atomic mass is 10.1. The number of rotatable bonds is 7. The molecule has 176 valence electrons. The number of aromatic nitrogens is 1. The molecule has 6 nitrogen and oxygen atoms in total. The van der Waals surface area contributed by atoms with Crippen molar-refractivity contribution in [1.82, 2.24) is 4.98 Å². The second kappa shape index (κ2) is 10.1. The van der Waals surface area contributed by atoms with Gasteiger partial charge in [-0.1, -0.05) is 29.3 Å². The van der Waals surface area contributed by atoms with Crippen LogP contribution >= 0.6 is 34.5 Å². The second-order valence-corrected chi connectivity index (χ2v) is 11.7. The van der Waals surface area contributed by atoms with Gasteiger partial charge in [-0.3, -0.25) is 0 Å². The molecule has 4 rings (SSSR count). The van der Waals surface area contributed by atoms with Gasteiger partial charge in [0.15, 0.2) is 26.5 Å². The summed E-state index contributed by atoms with van der Waals surface area (Å²) in [6, 6.07) is 10.4. The van der Waals surface area contributed by atoms with E-state index >= 15 is 0 Å². The van der Waals surface area contributed by atoms with Gasteiger partial charge in [-0.05, 0) is 48.7 Å². The molecule has 1 aliphatic rings. The van der Waals surface area contributed by atoms with E-state index in [-0.39, 0.29) is 9.92 Å². The Morgan fingerprint density at radius 2 is 1.79 bits per heavy atom. The Morgan fingerprint density at radius 3 is 2.48 bits per heavy atom. The van der Waals surface area contributed by atoms with Gasteiger partial charge in [0, 0.05) is 29.9 Å². The van der Waals surface area contributed by atoms with Crippen LogP contribution in [-0.4, -0.2) is 46.0 Å². The zero-order valence-electron chi connectivity index (χ0n) is 18.3. The van der Waals surface area contributed by atoms with Gasteiger partial charge in [-0.2, -0.15) is 0 Å². The van der Waals surface area contributed by atoms with Crippen LogP contribution in [0.15, 0.2) is 46.7 Å². The van der Waals surface area contributed by atoms with Gasteiger partial charge < -0.3 is 14.4 Å². The van der Waals surface area contributed by atoms with E-state index in [4.69, 9.17) is 37.7 Å². The Kier molecular flexibility index (Phi) is 7.38. The van der Waals surface area contributed by atoms with Crippen LogP contribution in [0.4, 0.5) is 5.13 Å². The first kappa shape index (κ1) is 24.1. The van der Waals surface area contributed by atoms with Gasteiger partial charge in [0.25, 0.3) is 0 Å². The molecule has 1 aromatic heterocycles. The van der Waals surface area contributed by atoms with Crippen LogP contribution in [0.5, 0.6) is 11.5 Å². The zero-order valence-corrected chi connectivity index (χ0v) is 21.4. The molecule has 0 amide bonds. The van der Waals surface area contributed by atoms with Crippen LogP contribution in [0.1, 0.15) is 24.1 Å². The molecule has 1 saturated heterocycles. The number of nitrogens with zero attached hydrogens (tertiary/aromatic N) is 2. The van der Waals surface area contributed by atoms with Crippen LogP contribution < -0.4 is 14.4 Å². The van der Waals surface area contributed by atoms with Gasteiger partial charge in [0.2, 0.25) is 0 Å². The number of benzene rings is 2. The number of hydrogen-bond donors (Lipinski definition) is 0. The maximum absolute atomic E-state index is 13.1. The van der Waals surface area contributed by atoms with Gasteiger partial charge in [-0.25, -0.2) is 13.4 Å². The van der Waals surface area contributed by atoms with Crippen molar-refractivity contribution >= 4 is 49.5 Å². The first-order chi connectivity index (χ1) is 15.8. The highest BCUT2D eigenvalue weighted by Gasteiger charge is 2.33. The molecule has 0 N–H and O–H groups in total. The molecule has 0 saturated carbocycles. The molecule has 3 aromatic rings. The fourth-order valence-corrected chi connectivity index (χ4v) is 7.33. The fourth-order valence-electron chi connectivity index (χ4n) is 3.95. The zero-order chi connectivity index (χ0) is 23.6. The number of ether oxygens (including phenoxy) is 2. The molecule has 2 aromatic carbocycles. The summed E-state index contributed by atoms with van der Waals surface area (Å²) in [5.74, 6) is 1.38. The van der Waals surface area contributed by atoms with E-state index in [1.807, 2.05) is 23.6 Å². The third-order valence-corrected chi connectivity index (χ3v) is 9.65. The van der Waals surface area contributed by atoms with Crippen molar-refractivity contribution in [3.05, 3.63) is 63.1 Å². The van der Waals surface area contributed by atoms with E-state index in [1.54, 1.807) is 31.6 Å². The normalized spacial score (nSPS) is 15.0. The first-order valence-electron chi connectivity index (χ1n) is 10.4. The smallest absolute Gasteiger partial charge is 0.185 e. The molecule has 0 atom stereocenters. The van der Waals surface area contributed by atoms with Gasteiger partial charge >= 0.3 is 0 Å². The summed E-state index contributed by atoms with van der Waals surface area (Å²) in [4.78, 5) is 7.04. The fraction of sp³-hybridized carbons (Fsp3) is 0.348. The van der Waals surface area contributed by atoms with Crippen molar-refractivity contribution in [2.75, 3.05) is 32.2 Å². The maximum atomic E-state index is 13.1. The number of piperidine rings is 1. The van der Waals surface area contributed by atoms with Crippen LogP contribution in [0.25, 0.3) is 0 Å². The van der Waals surface area contributed by atoms with Crippen LogP contribution in [-0.2, 0) is 16.3 Å². The van der Waals surface area contributed by atoms with E-state index in [2.05, 4.69) is 4.90 Å². The first-order valence-corrected chi connectivity index (χ1v) is 13.6. The molecular formula is C23H24Cl2N2O4S2. The SMILES string of the molecule is COc1ccc(Cc2csc(N3CCC(S(=O)(=O)c4cc(Cl)ccc4Cl)CC3)n2)cc1OC. The average molecular weight is 527 g/mol. The van der Waals surface area contributed by atoms with E-state index in [9.17, 15) is 8.42 Å². The average Bonchev–Trinajstić information content (AvgIpc) is 3.29. The number of thiazole rings is 1.